The molecule has 0 aromatic heterocycles. The summed E-state index contributed by atoms with van der Waals surface area (Å²) in [6, 6.07) is 4.43. The van der Waals surface area contributed by atoms with Gasteiger partial charge in [-0.2, -0.15) is 0 Å². The van der Waals surface area contributed by atoms with Gasteiger partial charge in [0.1, 0.15) is 5.75 Å². The Hall–Kier alpha value is -1.22. The first-order valence-electron chi connectivity index (χ1n) is 7.63. The van der Waals surface area contributed by atoms with Crippen LogP contribution in [0.5, 0.6) is 5.75 Å². The second-order valence-corrected chi connectivity index (χ2v) is 6.50. The highest BCUT2D eigenvalue weighted by Crippen LogP contribution is 2.45. The number of benzene rings is 1. The zero-order valence-corrected chi connectivity index (χ0v) is 13.5. The Morgan fingerprint density at radius 2 is 2.10 bits per heavy atom. The lowest BCUT2D eigenvalue weighted by Crippen LogP contribution is -2.48. The monoisotopic (exact) mass is 276 g/mol. The molecule has 1 aromatic rings. The molecule has 0 saturated heterocycles. The van der Waals surface area contributed by atoms with Gasteiger partial charge < -0.3 is 15.4 Å². The Morgan fingerprint density at radius 3 is 2.65 bits per heavy atom. The van der Waals surface area contributed by atoms with E-state index in [2.05, 4.69) is 44.7 Å². The van der Waals surface area contributed by atoms with Crippen molar-refractivity contribution in [2.75, 3.05) is 18.6 Å². The molecule has 2 N–H and O–H groups in total. The van der Waals surface area contributed by atoms with Gasteiger partial charge in [0, 0.05) is 35.9 Å². The number of methoxy groups -OCH3 is 1. The van der Waals surface area contributed by atoms with Gasteiger partial charge in [0.05, 0.1) is 7.11 Å². The number of anilines is 1. The average molecular weight is 276 g/mol. The zero-order chi connectivity index (χ0) is 14.9. The lowest BCUT2D eigenvalue weighted by molar-refractivity contribution is 0.372. The topological polar surface area (TPSA) is 38.5 Å². The summed E-state index contributed by atoms with van der Waals surface area (Å²) in [5.41, 5.74) is 9.90. The maximum Gasteiger partial charge on any atom is 0.125 e. The van der Waals surface area contributed by atoms with E-state index in [4.69, 9.17) is 10.5 Å². The number of hydrogen-bond acceptors (Lipinski definition) is 3. The van der Waals surface area contributed by atoms with Crippen LogP contribution in [0.15, 0.2) is 12.1 Å². The Balaban J connectivity index is 2.57. The van der Waals surface area contributed by atoms with Gasteiger partial charge in [0.25, 0.3) is 0 Å². The third-order valence-electron chi connectivity index (χ3n) is 4.45. The Bertz CT molecular complexity index is 482. The second kappa shape index (κ2) is 5.65. The van der Waals surface area contributed by atoms with Crippen molar-refractivity contribution < 1.29 is 4.74 Å². The second-order valence-electron chi connectivity index (χ2n) is 6.50. The van der Waals surface area contributed by atoms with Gasteiger partial charge in [0.2, 0.25) is 0 Å². The maximum atomic E-state index is 5.86. The van der Waals surface area contributed by atoms with E-state index >= 15 is 0 Å². The van der Waals surface area contributed by atoms with Crippen LogP contribution in [0.1, 0.15) is 57.6 Å². The largest absolute Gasteiger partial charge is 0.496 e. The van der Waals surface area contributed by atoms with Crippen LogP contribution in [-0.4, -0.2) is 19.2 Å². The Labute approximate surface area is 123 Å². The summed E-state index contributed by atoms with van der Waals surface area (Å²) in [4.78, 5) is 2.53. The summed E-state index contributed by atoms with van der Waals surface area (Å²) < 4.78 is 5.53. The van der Waals surface area contributed by atoms with Crippen molar-refractivity contribution in [1.29, 1.82) is 0 Å². The molecular formula is C17H28N2O. The van der Waals surface area contributed by atoms with E-state index in [9.17, 15) is 0 Å². The minimum Gasteiger partial charge on any atom is -0.496 e. The van der Waals surface area contributed by atoms with Gasteiger partial charge in [-0.05, 0) is 44.2 Å². The van der Waals surface area contributed by atoms with Crippen molar-refractivity contribution in [3.8, 4) is 5.75 Å². The van der Waals surface area contributed by atoms with E-state index in [0.717, 1.165) is 24.3 Å². The number of nitrogens with zero attached hydrogens (tertiary/aromatic N) is 1. The lowest BCUT2D eigenvalue weighted by Gasteiger charge is -2.48. The highest BCUT2D eigenvalue weighted by Gasteiger charge is 2.36. The number of fused-ring (bicyclic) bond motifs is 1. The molecule has 20 heavy (non-hydrogen) atoms. The normalized spacial score (nSPS) is 20.7. The fourth-order valence-electron chi connectivity index (χ4n) is 3.55. The van der Waals surface area contributed by atoms with Crippen LogP contribution in [0, 0.1) is 0 Å². The first-order valence-corrected chi connectivity index (χ1v) is 7.63. The fraction of sp³-hybridized carbons (Fsp3) is 0.647. The molecule has 0 saturated carbocycles. The fourth-order valence-corrected chi connectivity index (χ4v) is 3.55. The summed E-state index contributed by atoms with van der Waals surface area (Å²) >= 11 is 0. The molecule has 0 bridgehead atoms. The third kappa shape index (κ3) is 2.51. The molecule has 3 heteroatoms. The highest BCUT2D eigenvalue weighted by atomic mass is 16.5. The molecule has 1 atom stereocenters. The molecule has 112 valence electrons. The molecule has 1 aliphatic heterocycles. The molecule has 0 aliphatic carbocycles. The van der Waals surface area contributed by atoms with E-state index in [0.29, 0.717) is 12.5 Å². The molecule has 1 heterocycles. The Kier molecular flexibility index (Phi) is 4.28. The molecule has 1 aromatic carbocycles. The molecule has 1 aliphatic rings. The van der Waals surface area contributed by atoms with Crippen molar-refractivity contribution in [3.05, 3.63) is 23.3 Å². The van der Waals surface area contributed by atoms with Crippen LogP contribution in [-0.2, 0) is 6.54 Å². The first-order chi connectivity index (χ1) is 9.44. The molecule has 3 nitrogen and oxygen atoms in total. The Morgan fingerprint density at radius 1 is 1.40 bits per heavy atom. The van der Waals surface area contributed by atoms with Crippen LogP contribution in [0.4, 0.5) is 5.69 Å². The minimum atomic E-state index is 0.192. The van der Waals surface area contributed by atoms with Crippen LogP contribution >= 0.6 is 0 Å². The van der Waals surface area contributed by atoms with E-state index in [1.54, 1.807) is 7.11 Å². The van der Waals surface area contributed by atoms with Gasteiger partial charge >= 0.3 is 0 Å². The quantitative estimate of drug-likeness (QED) is 0.912. The summed E-state index contributed by atoms with van der Waals surface area (Å²) in [5.74, 6) is 1.47. The van der Waals surface area contributed by atoms with Gasteiger partial charge in [-0.15, -0.1) is 0 Å². The van der Waals surface area contributed by atoms with E-state index < -0.39 is 0 Å². The van der Waals surface area contributed by atoms with E-state index in [-0.39, 0.29) is 5.54 Å². The molecule has 0 spiro atoms. The summed E-state index contributed by atoms with van der Waals surface area (Å²) in [6.07, 6.45) is 2.33. The predicted molar refractivity (Wildman–Crippen MR) is 85.6 cm³/mol. The summed E-state index contributed by atoms with van der Waals surface area (Å²) in [6.45, 7) is 10.8. The molecule has 1 unspecified atom stereocenters. The van der Waals surface area contributed by atoms with Gasteiger partial charge in [-0.25, -0.2) is 0 Å². The van der Waals surface area contributed by atoms with Crippen molar-refractivity contribution in [2.24, 2.45) is 5.73 Å². The van der Waals surface area contributed by atoms with Crippen molar-refractivity contribution in [2.45, 2.75) is 58.5 Å². The number of nitrogens with two attached hydrogens (primary N) is 1. The molecule has 0 amide bonds. The molecule has 0 fully saturated rings. The standard InChI is InChI=1S/C17H28N2O/c1-6-7-19-15-9-16(20-5)13(11-18)8-14(15)12(2)10-17(19,3)4/h8-9,12H,6-7,10-11,18H2,1-5H3. The van der Waals surface area contributed by atoms with Crippen molar-refractivity contribution >= 4 is 5.69 Å². The third-order valence-corrected chi connectivity index (χ3v) is 4.45. The average Bonchev–Trinajstić information content (AvgIpc) is 2.41. The van der Waals surface area contributed by atoms with E-state index in [1.165, 1.54) is 17.7 Å². The lowest BCUT2D eigenvalue weighted by atomic mass is 9.79. The molecular weight excluding hydrogens is 248 g/mol. The van der Waals surface area contributed by atoms with Gasteiger partial charge in [-0.1, -0.05) is 13.8 Å². The number of ether oxygens (including phenoxy) is 1. The number of hydrogen-bond donors (Lipinski definition) is 1. The summed E-state index contributed by atoms with van der Waals surface area (Å²) in [5, 5.41) is 0. The zero-order valence-electron chi connectivity index (χ0n) is 13.5. The van der Waals surface area contributed by atoms with Gasteiger partial charge in [0.15, 0.2) is 0 Å². The van der Waals surface area contributed by atoms with Crippen LogP contribution in [0.2, 0.25) is 0 Å². The SMILES string of the molecule is CCCN1c2cc(OC)c(CN)cc2C(C)CC1(C)C. The van der Waals surface area contributed by atoms with Crippen molar-refractivity contribution in [3.63, 3.8) is 0 Å². The van der Waals surface area contributed by atoms with E-state index in [1.807, 2.05) is 0 Å². The predicted octanol–water partition coefficient (Wildman–Crippen LogP) is 3.66. The summed E-state index contributed by atoms with van der Waals surface area (Å²) in [7, 11) is 1.72. The minimum absolute atomic E-state index is 0.192. The molecule has 2 rings (SSSR count). The van der Waals surface area contributed by atoms with Gasteiger partial charge in [-0.3, -0.25) is 0 Å². The first kappa shape index (κ1) is 15.2. The number of rotatable bonds is 4. The van der Waals surface area contributed by atoms with Crippen LogP contribution in [0.3, 0.4) is 0 Å². The smallest absolute Gasteiger partial charge is 0.125 e. The molecule has 0 radical (unpaired) electrons. The highest BCUT2D eigenvalue weighted by molar-refractivity contribution is 5.64. The van der Waals surface area contributed by atoms with Crippen LogP contribution in [0.25, 0.3) is 0 Å². The maximum absolute atomic E-state index is 5.86. The van der Waals surface area contributed by atoms with Crippen molar-refractivity contribution in [1.82, 2.24) is 0 Å². The van der Waals surface area contributed by atoms with Crippen LogP contribution < -0.4 is 15.4 Å².